The molecule has 2 aromatic carbocycles. The highest BCUT2D eigenvalue weighted by Crippen LogP contribution is 2.17. The Kier molecular flexibility index (Phi) is 57.5. The van der Waals surface area contributed by atoms with Crippen LogP contribution in [0, 0.1) is 23.2 Å². The number of aliphatic hydroxyl groups is 8. The van der Waals surface area contributed by atoms with Crippen LogP contribution < -0.4 is 124 Å². The normalized spacial score (nSPS) is 15.1. The Balaban J connectivity index is 2.30. The topological polar surface area (TPSA) is 978 Å². The van der Waals surface area contributed by atoms with Crippen molar-refractivity contribution in [1.82, 2.24) is 106 Å². The fraction of sp³-hybridized carbons (Fsp3) is 0.591. The second kappa shape index (κ2) is 66.1. The van der Waals surface area contributed by atoms with E-state index in [1.807, 2.05) is 21.3 Å². The predicted octanol–water partition coefficient (Wildman–Crippen LogP) is -15.6. The van der Waals surface area contributed by atoms with E-state index >= 15 is 0 Å². The number of carbonyl (C=O) groups is 23. The van der Waals surface area contributed by atoms with Gasteiger partial charge in [0.05, 0.1) is 83.9 Å². The molecule has 39 N–H and O–H groups in total. The van der Waals surface area contributed by atoms with Crippen molar-refractivity contribution in [2.24, 2.45) is 35.0 Å². The monoisotopic (exact) mass is 2090 g/mol. The number of nitrogens with two attached hydrogens (primary N) is 3. The van der Waals surface area contributed by atoms with Crippen LogP contribution >= 0.6 is 0 Å². The number of aliphatic carboxylic acids is 3. The summed E-state index contributed by atoms with van der Waals surface area (Å²) in [7, 11) is 0. The maximum absolute atomic E-state index is 14.6. The second-order valence-corrected chi connectivity index (χ2v) is 34.8. The molecule has 820 valence electrons. The first-order valence-corrected chi connectivity index (χ1v) is 46.4. The Labute approximate surface area is 841 Å². The van der Waals surface area contributed by atoms with Gasteiger partial charge in [-0.05, 0) is 93.4 Å². The molecule has 0 saturated heterocycles. The summed E-state index contributed by atoms with van der Waals surface area (Å²) in [5.74, 6) is -31.7. The quantitative estimate of drug-likeness (QED) is 0.0166. The molecule has 59 heteroatoms. The lowest BCUT2D eigenvalue weighted by atomic mass is 9.97. The Morgan fingerprint density at radius 2 is 0.646 bits per heavy atom. The van der Waals surface area contributed by atoms with Crippen LogP contribution in [0.4, 0.5) is 0 Å². The van der Waals surface area contributed by atoms with Crippen molar-refractivity contribution in [3.8, 4) is 5.75 Å². The van der Waals surface area contributed by atoms with Crippen molar-refractivity contribution in [3.05, 3.63) is 65.7 Å². The zero-order chi connectivity index (χ0) is 111. The van der Waals surface area contributed by atoms with E-state index in [9.17, 15) is 172 Å². The van der Waals surface area contributed by atoms with Gasteiger partial charge in [0.2, 0.25) is 118 Å². The SMILES string of the molecule is CC[C@H](C)[C@H](NC(=O)[C@H](CO)NC(=O)[C@H](CC(C)C)NC(=O)[C@@H](NC(=O)[C@H](Cc1ccc(O)cc1)NC(=O)[C@H](CC(=O)O)NC(=O)[C@H](CCC(N)=O)NC(=O)CNC(=O)[C@H](CO)NC(=O)CNC(=O)[C@H](CO)NC(=O)CNC(=O)[C@H](CO)NC(=O)[C@H](Cc1ccccc1)NC(=O)[C@@H](N)CCCNC(=N)N)[C@@H](C)O)C(=O)N[C@@H](CO)C(=O)N[C@@H](CO)C(=O)N[C@@H](CC(C)C)C(=O)N[C@@H](CCC(=O)O)C(=O)N[C@H](C(=O)O)[C@@H](C)O. The van der Waals surface area contributed by atoms with Gasteiger partial charge in [-0.1, -0.05) is 90.4 Å². The average Bonchev–Trinajstić information content (AvgIpc) is 0.815. The molecule has 147 heavy (non-hydrogen) atoms. The number of hydrogen-bond donors (Lipinski definition) is 36. The van der Waals surface area contributed by atoms with E-state index in [1.54, 1.807) is 65.0 Å². The summed E-state index contributed by atoms with van der Waals surface area (Å²) in [5, 5.41) is 173. The van der Waals surface area contributed by atoms with Crippen molar-refractivity contribution in [1.29, 1.82) is 5.41 Å². The first-order chi connectivity index (χ1) is 69.1. The van der Waals surface area contributed by atoms with Crippen LogP contribution in [-0.4, -0.2) is 384 Å². The van der Waals surface area contributed by atoms with Crippen molar-refractivity contribution >= 4 is 142 Å². The number of carboxylic acid groups (broad SMARTS) is 3. The molecule has 0 aliphatic heterocycles. The van der Waals surface area contributed by atoms with E-state index in [4.69, 9.17) is 22.6 Å². The number of carboxylic acids is 3. The number of carbonyl (C=O) groups excluding carboxylic acids is 20. The minimum atomic E-state index is -2.23. The number of amides is 20. The van der Waals surface area contributed by atoms with E-state index in [1.165, 1.54) is 19.1 Å². The zero-order valence-corrected chi connectivity index (χ0v) is 81.9. The Morgan fingerprint density at radius 1 is 0.333 bits per heavy atom. The summed E-state index contributed by atoms with van der Waals surface area (Å²) in [5.41, 5.74) is 17.4. The van der Waals surface area contributed by atoms with Gasteiger partial charge in [0.25, 0.3) is 0 Å². The highest BCUT2D eigenvalue weighted by atomic mass is 16.4. The number of phenolic OH excluding ortho intramolecular Hbond substituents is 1. The van der Waals surface area contributed by atoms with E-state index in [0.717, 1.165) is 26.0 Å². The summed E-state index contributed by atoms with van der Waals surface area (Å²) in [6, 6.07) is -17.8. The minimum absolute atomic E-state index is 0.0806. The zero-order valence-electron chi connectivity index (χ0n) is 81.9. The van der Waals surface area contributed by atoms with Crippen molar-refractivity contribution in [2.45, 2.75) is 247 Å². The van der Waals surface area contributed by atoms with Crippen LogP contribution in [0.25, 0.3) is 0 Å². The molecule has 0 unspecified atom stereocenters. The van der Waals surface area contributed by atoms with Gasteiger partial charge in [-0.2, -0.15) is 0 Å². The fourth-order valence-corrected chi connectivity index (χ4v) is 13.4. The first kappa shape index (κ1) is 128. The summed E-state index contributed by atoms with van der Waals surface area (Å²) in [4.78, 5) is 308. The van der Waals surface area contributed by atoms with Crippen molar-refractivity contribution in [2.75, 3.05) is 65.8 Å². The van der Waals surface area contributed by atoms with Gasteiger partial charge in [-0.15, -0.1) is 0 Å². The summed E-state index contributed by atoms with van der Waals surface area (Å²) in [6.45, 7) is 1.46. The third-order valence-corrected chi connectivity index (χ3v) is 21.7. The maximum Gasteiger partial charge on any atom is 0.328 e. The average molecular weight is 2090 g/mol. The van der Waals surface area contributed by atoms with Crippen LogP contribution in [-0.2, 0) is 123 Å². The first-order valence-electron chi connectivity index (χ1n) is 46.4. The molecule has 20 atom stereocenters. The van der Waals surface area contributed by atoms with Gasteiger partial charge < -0.3 is 185 Å². The molecular formula is C88H138N24O35. The number of aromatic hydroxyl groups is 1. The number of aliphatic hydroxyl groups excluding tert-OH is 8. The summed E-state index contributed by atoms with van der Waals surface area (Å²) in [6.07, 6.45) is -8.39. The van der Waals surface area contributed by atoms with Crippen LogP contribution in [0.5, 0.6) is 5.75 Å². The largest absolute Gasteiger partial charge is 0.508 e. The van der Waals surface area contributed by atoms with Crippen LogP contribution in [0.2, 0.25) is 0 Å². The number of phenols is 1. The van der Waals surface area contributed by atoms with Crippen LogP contribution in [0.1, 0.15) is 131 Å². The Morgan fingerprint density at radius 3 is 1.05 bits per heavy atom. The highest BCUT2D eigenvalue weighted by Gasteiger charge is 2.41. The Bertz CT molecular complexity index is 4830. The molecule has 59 nitrogen and oxygen atoms in total. The van der Waals surface area contributed by atoms with Gasteiger partial charge in [0, 0.05) is 32.2 Å². The third kappa shape index (κ3) is 48.0. The number of rotatable bonds is 69. The predicted molar refractivity (Wildman–Crippen MR) is 508 cm³/mol. The minimum Gasteiger partial charge on any atom is -0.508 e. The fourth-order valence-electron chi connectivity index (χ4n) is 13.4. The lowest BCUT2D eigenvalue weighted by Gasteiger charge is -2.30. The summed E-state index contributed by atoms with van der Waals surface area (Å²) >= 11 is 0. The van der Waals surface area contributed by atoms with Crippen LogP contribution in [0.3, 0.4) is 0 Å². The van der Waals surface area contributed by atoms with Gasteiger partial charge in [0.15, 0.2) is 12.0 Å². The van der Waals surface area contributed by atoms with Crippen molar-refractivity contribution < 1.29 is 172 Å². The van der Waals surface area contributed by atoms with E-state index in [-0.39, 0.29) is 55.9 Å². The van der Waals surface area contributed by atoms with Gasteiger partial charge in [-0.3, -0.25) is 111 Å². The standard InChI is InChI=1S/C88H138N24O35/c1-9-42(6)68(85(144)109-60(38-117)83(142)108-59(37-116)82(141)102-51(26-40(2)3)77(136)100-50(22-24-66(126)127)76(135)112-70(44(8)120)87(146)147)110-84(143)61(39-118)107-78(137)52(27-41(4)5)105-86(145)69(43(7)119)111-81(140)54(29-46-17-19-47(121)20-18-46)103-80(139)55(30-67(128)129)104-75(134)49(21-23-62(90)122)97-63(123)31-94-72(131)56(34-113)98-64(124)32-95-73(132)57(35-114)99-65(125)33-96-74(133)58(36-115)106-79(138)53(28-45-14-11-10-12-15-45)101-71(130)48(89)16-13-25-93-88(91)92/h10-12,14-15,17-20,40-44,48-61,68-70,113-121H,9,13,16,21-39,89H2,1-8H3,(H2,90,122)(H,94,131)(H,95,132)(H,96,133)(H,97,123)(H,98,124)(H,99,125)(H,100,136)(H,101,130)(H,102,141)(H,103,139)(H,104,134)(H,105,145)(H,106,138)(H,107,137)(H,108,142)(H,109,144)(H,110,143)(H,111,140)(H,112,135)(H,126,127)(H,128,129)(H,146,147)(H4,91,92,93)/t42-,43+,44+,48-,49-,50-,51-,52-,53-,54-,55-,56-,57-,58-,59-,60-,61-,68-,69-,70-/m0/s1. The van der Waals surface area contributed by atoms with E-state index in [0.29, 0.717) is 12.0 Å². The smallest absolute Gasteiger partial charge is 0.328 e. The Hall–Kier alpha value is -15.0. The number of guanidine groups is 1. The van der Waals surface area contributed by atoms with Crippen molar-refractivity contribution in [3.63, 3.8) is 0 Å². The third-order valence-electron chi connectivity index (χ3n) is 21.7. The molecule has 0 saturated carbocycles. The lowest BCUT2D eigenvalue weighted by Crippen LogP contribution is -2.63. The number of hydrogen-bond acceptors (Lipinski definition) is 34. The molecule has 0 fully saturated rings. The van der Waals surface area contributed by atoms with Gasteiger partial charge in [0.1, 0.15) is 96.4 Å². The molecule has 0 heterocycles. The molecular weight excluding hydrogens is 1950 g/mol. The summed E-state index contributed by atoms with van der Waals surface area (Å²) < 4.78 is 0. The van der Waals surface area contributed by atoms with Crippen LogP contribution in [0.15, 0.2) is 54.6 Å². The van der Waals surface area contributed by atoms with E-state index in [2.05, 4.69) is 85.1 Å². The number of primary amides is 1. The molecule has 0 aliphatic rings. The number of nitrogens with one attached hydrogen (secondary N) is 21. The molecule has 2 aromatic rings. The molecule has 0 radical (unpaired) electrons. The molecule has 0 bridgehead atoms. The molecule has 0 aliphatic carbocycles. The molecule has 0 aromatic heterocycles. The maximum atomic E-state index is 14.6. The van der Waals surface area contributed by atoms with Gasteiger partial charge in [-0.25, -0.2) is 4.79 Å². The molecule has 20 amide bonds. The molecule has 0 spiro atoms. The lowest BCUT2D eigenvalue weighted by molar-refractivity contribution is -0.145. The van der Waals surface area contributed by atoms with Gasteiger partial charge >= 0.3 is 17.9 Å². The second-order valence-electron chi connectivity index (χ2n) is 34.8. The molecule has 2 rings (SSSR count). The highest BCUT2D eigenvalue weighted by molar-refractivity contribution is 6.02. The number of benzene rings is 2. The van der Waals surface area contributed by atoms with E-state index < -0.39 is 367 Å².